The number of nitrogens with zero attached hydrogens (tertiary/aromatic N) is 1. The molecule has 0 radical (unpaired) electrons. The second-order valence-electron chi connectivity index (χ2n) is 8.80. The molecule has 138 valence electrons. The molecule has 3 heteroatoms. The Labute approximate surface area is 153 Å². The van der Waals surface area contributed by atoms with Crippen LogP contribution in [0.1, 0.15) is 76.0 Å². The molecule has 1 aromatic rings. The molecule has 0 aromatic heterocycles. The van der Waals surface area contributed by atoms with E-state index in [4.69, 9.17) is 10.6 Å². The van der Waals surface area contributed by atoms with E-state index in [-0.39, 0.29) is 10.8 Å². The largest absolute Gasteiger partial charge is 0.395 e. The van der Waals surface area contributed by atoms with Gasteiger partial charge in [0.15, 0.2) is 0 Å². The van der Waals surface area contributed by atoms with E-state index in [0.29, 0.717) is 25.0 Å². The molecule has 25 heavy (non-hydrogen) atoms. The quantitative estimate of drug-likeness (QED) is 0.475. The van der Waals surface area contributed by atoms with E-state index >= 15 is 0 Å². The van der Waals surface area contributed by atoms with Gasteiger partial charge in [-0.05, 0) is 59.6 Å². The van der Waals surface area contributed by atoms with Crippen LogP contribution >= 0.6 is 0 Å². The van der Waals surface area contributed by atoms with Gasteiger partial charge in [-0.15, -0.1) is 0 Å². The maximum atomic E-state index is 5.50. The van der Waals surface area contributed by atoms with Gasteiger partial charge in [0.2, 0.25) is 0 Å². The summed E-state index contributed by atoms with van der Waals surface area (Å²) in [6.07, 6.45) is 8.23. The molecule has 2 N–H and O–H groups in total. The van der Waals surface area contributed by atoms with E-state index in [9.17, 15) is 0 Å². The molecule has 0 heterocycles. The molecule has 2 aliphatic carbocycles. The number of benzene rings is 1. The summed E-state index contributed by atoms with van der Waals surface area (Å²) in [6, 6.07) is 7.23. The summed E-state index contributed by atoms with van der Waals surface area (Å²) in [5.74, 6) is 1.22. The van der Waals surface area contributed by atoms with E-state index < -0.39 is 0 Å². The van der Waals surface area contributed by atoms with Gasteiger partial charge in [0.25, 0.3) is 0 Å². The smallest absolute Gasteiger partial charge is 0.129 e. The van der Waals surface area contributed by atoms with Crippen molar-refractivity contribution in [3.05, 3.63) is 34.9 Å². The fraction of sp³-hybridized carbons (Fsp3) is 0.682. The lowest BCUT2D eigenvalue weighted by molar-refractivity contribution is 0.0748. The lowest BCUT2D eigenvalue weighted by Gasteiger charge is -2.54. The Morgan fingerprint density at radius 1 is 1.32 bits per heavy atom. The van der Waals surface area contributed by atoms with Crippen molar-refractivity contribution in [2.24, 2.45) is 22.2 Å². The van der Waals surface area contributed by atoms with Crippen LogP contribution < -0.4 is 5.73 Å². The molecule has 1 fully saturated rings. The number of oxime groups is 1. The van der Waals surface area contributed by atoms with E-state index in [2.05, 4.69) is 57.3 Å². The maximum Gasteiger partial charge on any atom is 0.129 e. The first-order chi connectivity index (χ1) is 11.9. The van der Waals surface area contributed by atoms with Crippen molar-refractivity contribution in [3.63, 3.8) is 0 Å². The normalized spacial score (nSPS) is 31.8. The monoisotopic (exact) mass is 342 g/mol. The van der Waals surface area contributed by atoms with Gasteiger partial charge < -0.3 is 10.6 Å². The zero-order valence-electron chi connectivity index (χ0n) is 16.3. The predicted molar refractivity (Wildman–Crippen MR) is 105 cm³/mol. The molecule has 1 aromatic carbocycles. The molecule has 2 aliphatic rings. The van der Waals surface area contributed by atoms with Gasteiger partial charge in [-0.3, -0.25) is 0 Å². The zero-order chi connectivity index (χ0) is 18.1. The molecule has 0 aliphatic heterocycles. The molecular formula is C22H34N2O. The Hall–Kier alpha value is -1.35. The van der Waals surface area contributed by atoms with Gasteiger partial charge in [0, 0.05) is 18.2 Å². The van der Waals surface area contributed by atoms with Crippen molar-refractivity contribution in [1.29, 1.82) is 0 Å². The van der Waals surface area contributed by atoms with Crippen LogP contribution in [-0.2, 0) is 16.7 Å². The van der Waals surface area contributed by atoms with Crippen LogP contribution in [0.25, 0.3) is 0 Å². The highest BCUT2D eigenvalue weighted by molar-refractivity contribution is 5.66. The first-order valence-electron chi connectivity index (χ1n) is 9.90. The third-order valence-corrected chi connectivity index (χ3v) is 6.72. The lowest BCUT2D eigenvalue weighted by Crippen LogP contribution is -2.49. The predicted octanol–water partition coefficient (Wildman–Crippen LogP) is 4.78. The fourth-order valence-electron chi connectivity index (χ4n) is 5.34. The summed E-state index contributed by atoms with van der Waals surface area (Å²) in [5.41, 5.74) is 10.5. The summed E-state index contributed by atoms with van der Waals surface area (Å²) >= 11 is 0. The number of hydrogen-bond acceptors (Lipinski definition) is 3. The Morgan fingerprint density at radius 2 is 2.12 bits per heavy atom. The first kappa shape index (κ1) is 18.4. The molecule has 0 bridgehead atoms. The zero-order valence-corrected chi connectivity index (χ0v) is 16.3. The molecular weight excluding hydrogens is 308 g/mol. The van der Waals surface area contributed by atoms with Gasteiger partial charge >= 0.3 is 0 Å². The second kappa shape index (κ2) is 7.11. The molecule has 3 rings (SSSR count). The van der Waals surface area contributed by atoms with Gasteiger partial charge in [-0.1, -0.05) is 57.5 Å². The number of nitrogens with two attached hydrogens (primary N) is 1. The third-order valence-electron chi connectivity index (χ3n) is 6.72. The summed E-state index contributed by atoms with van der Waals surface area (Å²) in [7, 11) is 0. The standard InChI is InChI=1S/C22H34N2O/c1-16(2)17-6-8-19-18(14-17)7-9-20-21(3,15-24-25-13-12-23)10-5-11-22(19,20)4/h6,8,14-16,20H,5,7,9-13,23H2,1-4H3/t20?,21-,22-/m1/s1. The summed E-state index contributed by atoms with van der Waals surface area (Å²) in [5, 5.41) is 4.27. The summed E-state index contributed by atoms with van der Waals surface area (Å²) < 4.78 is 0. The van der Waals surface area contributed by atoms with Crippen molar-refractivity contribution < 1.29 is 4.84 Å². The Morgan fingerprint density at radius 3 is 2.84 bits per heavy atom. The fourth-order valence-corrected chi connectivity index (χ4v) is 5.34. The van der Waals surface area contributed by atoms with Crippen LogP contribution in [0.5, 0.6) is 0 Å². The molecule has 0 amide bonds. The number of hydrogen-bond donors (Lipinski definition) is 1. The van der Waals surface area contributed by atoms with Crippen LogP contribution in [0.3, 0.4) is 0 Å². The number of aryl methyl sites for hydroxylation is 1. The summed E-state index contributed by atoms with van der Waals surface area (Å²) in [4.78, 5) is 5.32. The molecule has 3 nitrogen and oxygen atoms in total. The molecule has 3 atom stereocenters. The highest BCUT2D eigenvalue weighted by atomic mass is 16.6. The van der Waals surface area contributed by atoms with Crippen LogP contribution in [0.4, 0.5) is 0 Å². The van der Waals surface area contributed by atoms with Crippen molar-refractivity contribution in [2.75, 3.05) is 13.2 Å². The minimum atomic E-state index is 0.107. The average Bonchev–Trinajstić information content (AvgIpc) is 2.58. The van der Waals surface area contributed by atoms with Crippen LogP contribution in [0.2, 0.25) is 0 Å². The first-order valence-corrected chi connectivity index (χ1v) is 9.90. The van der Waals surface area contributed by atoms with Crippen molar-refractivity contribution in [3.8, 4) is 0 Å². The van der Waals surface area contributed by atoms with E-state index in [1.807, 2.05) is 0 Å². The second-order valence-corrected chi connectivity index (χ2v) is 8.80. The van der Waals surface area contributed by atoms with E-state index in [1.54, 1.807) is 11.1 Å². The Balaban J connectivity index is 1.91. The van der Waals surface area contributed by atoms with Gasteiger partial charge in [-0.25, -0.2) is 0 Å². The van der Waals surface area contributed by atoms with Crippen molar-refractivity contribution in [2.45, 2.75) is 71.1 Å². The van der Waals surface area contributed by atoms with Crippen LogP contribution in [0.15, 0.2) is 23.4 Å². The highest BCUT2D eigenvalue weighted by Crippen LogP contribution is 2.56. The van der Waals surface area contributed by atoms with Crippen molar-refractivity contribution >= 4 is 6.21 Å². The van der Waals surface area contributed by atoms with Gasteiger partial charge in [-0.2, -0.15) is 0 Å². The van der Waals surface area contributed by atoms with Crippen molar-refractivity contribution in [1.82, 2.24) is 0 Å². The number of rotatable bonds is 5. The topological polar surface area (TPSA) is 47.6 Å². The minimum absolute atomic E-state index is 0.107. The minimum Gasteiger partial charge on any atom is -0.395 e. The molecule has 0 saturated heterocycles. The molecule has 1 unspecified atom stereocenters. The average molecular weight is 343 g/mol. The van der Waals surface area contributed by atoms with Crippen LogP contribution in [-0.4, -0.2) is 19.4 Å². The Bertz CT molecular complexity index is 639. The lowest BCUT2D eigenvalue weighted by atomic mass is 9.50. The number of fused-ring (bicyclic) bond motifs is 3. The van der Waals surface area contributed by atoms with Gasteiger partial charge in [0.05, 0.1) is 0 Å². The van der Waals surface area contributed by atoms with Crippen LogP contribution in [0, 0.1) is 11.3 Å². The van der Waals surface area contributed by atoms with E-state index in [0.717, 1.165) is 0 Å². The molecule has 1 saturated carbocycles. The SMILES string of the molecule is CC(C)c1ccc2c(c1)CCC1[C@@](C)(C=NOCCN)CCC[C@]21C. The highest BCUT2D eigenvalue weighted by Gasteiger charge is 2.51. The Kier molecular flexibility index (Phi) is 5.24. The maximum absolute atomic E-state index is 5.50. The van der Waals surface area contributed by atoms with E-state index in [1.165, 1.54) is 37.7 Å². The summed E-state index contributed by atoms with van der Waals surface area (Å²) in [6.45, 7) is 10.4. The van der Waals surface area contributed by atoms with Gasteiger partial charge in [0.1, 0.15) is 6.61 Å². The molecule has 0 spiro atoms. The third kappa shape index (κ3) is 3.36.